The fraction of sp³-hybridized carbons (Fsp3) is 0.714. The van der Waals surface area contributed by atoms with E-state index in [0.29, 0.717) is 26.2 Å². The minimum Gasteiger partial charge on any atom is -0.351 e. The predicted octanol–water partition coefficient (Wildman–Crippen LogP) is -2.91. The van der Waals surface area contributed by atoms with Crippen LogP contribution in [0.1, 0.15) is 11.1 Å². The second-order valence-electron chi connectivity index (χ2n) is 10.4. The number of hydrogen-bond donors (Lipinski definition) is 8. The lowest BCUT2D eigenvalue weighted by molar-refractivity contribution is -0.123. The number of amides is 2. The van der Waals surface area contributed by atoms with Crippen molar-refractivity contribution in [3.8, 4) is 0 Å². The maximum Gasteiger partial charge on any atom is 0.234 e. The van der Waals surface area contributed by atoms with Crippen LogP contribution in [0.5, 0.6) is 0 Å². The summed E-state index contributed by atoms with van der Waals surface area (Å²) in [5.74, 6) is 0.0720. The van der Waals surface area contributed by atoms with Crippen molar-refractivity contribution in [3.05, 3.63) is 35.4 Å². The molecule has 3 rings (SSSR count). The standard InChI is InChI=1S/C28H52N10O2/c39-27(23-37-17-13-31-9-5-29-6-10-32-14-18-37)35-21-25-1-2-26(4-3-25)22-36-28(40)24-38-19-15-33-11-7-30-8-12-34-16-20-38/h1-4,29-34H,5-24H2,(H,35,39)(H,36,40). The van der Waals surface area contributed by atoms with Crippen molar-refractivity contribution in [2.24, 2.45) is 0 Å². The summed E-state index contributed by atoms with van der Waals surface area (Å²) in [4.78, 5) is 29.6. The second-order valence-corrected chi connectivity index (χ2v) is 10.4. The molecular formula is C28H52N10O2. The number of nitrogens with zero attached hydrogens (tertiary/aromatic N) is 2. The first-order valence-electron chi connectivity index (χ1n) is 15.0. The van der Waals surface area contributed by atoms with Crippen LogP contribution in [-0.4, -0.2) is 139 Å². The van der Waals surface area contributed by atoms with E-state index in [2.05, 4.69) is 52.3 Å². The highest BCUT2D eigenvalue weighted by Crippen LogP contribution is 2.04. The molecule has 8 N–H and O–H groups in total. The van der Waals surface area contributed by atoms with E-state index in [-0.39, 0.29) is 11.8 Å². The molecular weight excluding hydrogens is 508 g/mol. The van der Waals surface area contributed by atoms with Crippen LogP contribution in [0.4, 0.5) is 0 Å². The molecule has 12 heteroatoms. The molecule has 2 amide bonds. The molecule has 0 spiro atoms. The molecule has 2 heterocycles. The first-order valence-corrected chi connectivity index (χ1v) is 15.0. The van der Waals surface area contributed by atoms with Crippen LogP contribution in [0.25, 0.3) is 0 Å². The van der Waals surface area contributed by atoms with Crippen molar-refractivity contribution < 1.29 is 9.59 Å². The number of hydrogen-bond acceptors (Lipinski definition) is 10. The van der Waals surface area contributed by atoms with Gasteiger partial charge in [-0.2, -0.15) is 0 Å². The third-order valence-electron chi connectivity index (χ3n) is 7.07. The van der Waals surface area contributed by atoms with Crippen molar-refractivity contribution >= 4 is 11.8 Å². The van der Waals surface area contributed by atoms with Crippen LogP contribution in [0.15, 0.2) is 24.3 Å². The third-order valence-corrected chi connectivity index (χ3v) is 7.07. The SMILES string of the molecule is O=C(CN1CCNCCNCCNCC1)NCc1ccc(CNC(=O)CN2CCNCCNCCNCC2)cc1. The van der Waals surface area contributed by atoms with E-state index in [1.54, 1.807) is 0 Å². The second kappa shape index (κ2) is 20.7. The highest BCUT2D eigenvalue weighted by molar-refractivity contribution is 5.78. The molecule has 0 unspecified atom stereocenters. The fourth-order valence-electron chi connectivity index (χ4n) is 4.64. The number of nitrogens with one attached hydrogen (secondary N) is 8. The Morgan fingerprint density at radius 1 is 0.500 bits per heavy atom. The molecule has 40 heavy (non-hydrogen) atoms. The van der Waals surface area contributed by atoms with Gasteiger partial charge in [-0.25, -0.2) is 0 Å². The smallest absolute Gasteiger partial charge is 0.234 e. The average molecular weight is 561 g/mol. The molecule has 0 bridgehead atoms. The van der Waals surface area contributed by atoms with Gasteiger partial charge in [-0.15, -0.1) is 0 Å². The molecule has 12 nitrogen and oxygen atoms in total. The zero-order valence-corrected chi connectivity index (χ0v) is 24.2. The Morgan fingerprint density at radius 3 is 1.07 bits per heavy atom. The van der Waals surface area contributed by atoms with Gasteiger partial charge in [0.25, 0.3) is 0 Å². The average Bonchev–Trinajstić information content (AvgIpc) is 2.94. The van der Waals surface area contributed by atoms with Gasteiger partial charge in [0.1, 0.15) is 0 Å². The number of benzene rings is 1. The molecule has 2 fully saturated rings. The van der Waals surface area contributed by atoms with Gasteiger partial charge in [0.2, 0.25) is 11.8 Å². The van der Waals surface area contributed by atoms with E-state index in [4.69, 9.17) is 0 Å². The van der Waals surface area contributed by atoms with Crippen LogP contribution in [0, 0.1) is 0 Å². The molecule has 2 aliphatic rings. The molecule has 0 aliphatic carbocycles. The molecule has 1 aromatic rings. The van der Waals surface area contributed by atoms with Gasteiger partial charge in [0.05, 0.1) is 13.1 Å². The monoisotopic (exact) mass is 560 g/mol. The van der Waals surface area contributed by atoms with Crippen LogP contribution in [0.3, 0.4) is 0 Å². The summed E-state index contributed by atoms with van der Waals surface area (Å²) in [6, 6.07) is 8.07. The third kappa shape index (κ3) is 15.0. The molecule has 2 aliphatic heterocycles. The summed E-state index contributed by atoms with van der Waals surface area (Å²) in [6.07, 6.45) is 0. The van der Waals surface area contributed by atoms with Crippen molar-refractivity contribution in [2.75, 3.05) is 118 Å². The Labute approximate surface area is 240 Å². The Hall–Kier alpha value is -2.16. The maximum atomic E-state index is 12.6. The van der Waals surface area contributed by atoms with Crippen LogP contribution >= 0.6 is 0 Å². The number of carbonyl (C=O) groups excluding carboxylic acids is 2. The fourth-order valence-corrected chi connectivity index (χ4v) is 4.64. The highest BCUT2D eigenvalue weighted by atomic mass is 16.2. The summed E-state index contributed by atoms with van der Waals surface area (Å²) in [6.45, 7) is 16.2. The lowest BCUT2D eigenvalue weighted by Crippen LogP contribution is -2.45. The maximum absolute atomic E-state index is 12.6. The quantitative estimate of drug-likeness (QED) is 0.167. The van der Waals surface area contributed by atoms with Gasteiger partial charge < -0.3 is 42.5 Å². The topological polar surface area (TPSA) is 137 Å². The van der Waals surface area contributed by atoms with Crippen molar-refractivity contribution in [2.45, 2.75) is 13.1 Å². The molecule has 0 radical (unpaired) electrons. The lowest BCUT2D eigenvalue weighted by atomic mass is 10.1. The first-order chi connectivity index (χ1) is 19.7. The van der Waals surface area contributed by atoms with Crippen LogP contribution in [0.2, 0.25) is 0 Å². The summed E-state index contributed by atoms with van der Waals surface area (Å²) in [5.41, 5.74) is 2.09. The van der Waals surface area contributed by atoms with Crippen molar-refractivity contribution in [1.82, 2.24) is 52.3 Å². The van der Waals surface area contributed by atoms with Gasteiger partial charge in [0, 0.05) is 118 Å². The summed E-state index contributed by atoms with van der Waals surface area (Å²) >= 11 is 0. The van der Waals surface area contributed by atoms with Gasteiger partial charge in [-0.05, 0) is 11.1 Å². The molecule has 2 saturated heterocycles. The summed E-state index contributed by atoms with van der Waals surface area (Å²) < 4.78 is 0. The van der Waals surface area contributed by atoms with E-state index in [9.17, 15) is 9.59 Å². The Bertz CT molecular complexity index is 735. The van der Waals surface area contributed by atoms with Gasteiger partial charge in [-0.3, -0.25) is 19.4 Å². The Kier molecular flexibility index (Phi) is 16.7. The van der Waals surface area contributed by atoms with E-state index >= 15 is 0 Å². The first kappa shape index (κ1) is 32.4. The zero-order valence-electron chi connectivity index (χ0n) is 24.2. The minimum atomic E-state index is 0.0360. The van der Waals surface area contributed by atoms with E-state index in [1.165, 1.54) is 0 Å². The number of rotatable bonds is 8. The summed E-state index contributed by atoms with van der Waals surface area (Å²) in [7, 11) is 0. The Balaban J connectivity index is 1.33. The van der Waals surface area contributed by atoms with Crippen molar-refractivity contribution in [3.63, 3.8) is 0 Å². The largest absolute Gasteiger partial charge is 0.351 e. The lowest BCUT2D eigenvalue weighted by Gasteiger charge is -2.23. The Morgan fingerprint density at radius 2 is 0.775 bits per heavy atom. The highest BCUT2D eigenvalue weighted by Gasteiger charge is 2.12. The van der Waals surface area contributed by atoms with Crippen molar-refractivity contribution in [1.29, 1.82) is 0 Å². The van der Waals surface area contributed by atoms with E-state index in [0.717, 1.165) is 116 Å². The summed E-state index contributed by atoms with van der Waals surface area (Å²) in [5, 5.41) is 26.6. The molecule has 0 saturated carbocycles. The number of carbonyl (C=O) groups is 2. The van der Waals surface area contributed by atoms with E-state index < -0.39 is 0 Å². The molecule has 226 valence electrons. The minimum absolute atomic E-state index is 0.0360. The molecule has 0 aromatic heterocycles. The molecule has 1 aromatic carbocycles. The van der Waals surface area contributed by atoms with Gasteiger partial charge in [-0.1, -0.05) is 24.3 Å². The van der Waals surface area contributed by atoms with E-state index in [1.807, 2.05) is 24.3 Å². The van der Waals surface area contributed by atoms with Crippen LogP contribution in [-0.2, 0) is 22.7 Å². The molecule has 0 atom stereocenters. The normalized spacial score (nSPS) is 20.2. The van der Waals surface area contributed by atoms with Gasteiger partial charge >= 0.3 is 0 Å². The predicted molar refractivity (Wildman–Crippen MR) is 160 cm³/mol. The zero-order chi connectivity index (χ0) is 28.1. The van der Waals surface area contributed by atoms with Gasteiger partial charge in [0.15, 0.2) is 0 Å². The van der Waals surface area contributed by atoms with Crippen LogP contribution < -0.4 is 42.5 Å².